The summed E-state index contributed by atoms with van der Waals surface area (Å²) in [7, 11) is 0. The van der Waals surface area contributed by atoms with Crippen molar-refractivity contribution in [2.45, 2.75) is 34.6 Å². The summed E-state index contributed by atoms with van der Waals surface area (Å²) in [5.74, 6) is 0. The predicted octanol–water partition coefficient (Wildman–Crippen LogP) is 15.8. The summed E-state index contributed by atoms with van der Waals surface area (Å²) >= 11 is 0. The summed E-state index contributed by atoms with van der Waals surface area (Å²) < 4.78 is 0. The van der Waals surface area contributed by atoms with Crippen molar-refractivity contribution in [2.75, 3.05) is 0 Å². The summed E-state index contributed by atoms with van der Waals surface area (Å²) in [5, 5.41) is 6.96. The molecule has 0 saturated heterocycles. The summed E-state index contributed by atoms with van der Waals surface area (Å²) in [6.45, 7) is 10.0. The van der Waals surface area contributed by atoms with Crippen molar-refractivity contribution < 1.29 is 0 Å². The van der Waals surface area contributed by atoms with Crippen LogP contribution in [0.3, 0.4) is 0 Å². The lowest BCUT2D eigenvalue weighted by Crippen LogP contribution is -1.90. The normalized spacial score (nSPS) is 10.5. The Labute approximate surface area is 437 Å². The lowest BCUT2D eigenvalue weighted by Gasteiger charge is -2.10. The van der Waals surface area contributed by atoms with E-state index in [1.54, 1.807) is 43.4 Å². The van der Waals surface area contributed by atoms with E-state index in [9.17, 15) is 0 Å². The van der Waals surface area contributed by atoms with Crippen LogP contribution in [0, 0.1) is 34.6 Å². The van der Waals surface area contributed by atoms with E-state index in [-0.39, 0.29) is 0 Å². The zero-order chi connectivity index (χ0) is 51.8. The van der Waals surface area contributed by atoms with Gasteiger partial charge in [-0.1, -0.05) is 115 Å². The lowest BCUT2D eigenvalue weighted by molar-refractivity contribution is 1.20. The molecule has 0 N–H and O–H groups in total. The van der Waals surface area contributed by atoms with Crippen molar-refractivity contribution in [2.24, 2.45) is 0 Å². The van der Waals surface area contributed by atoms with E-state index in [4.69, 9.17) is 4.98 Å². The first-order valence-electron chi connectivity index (χ1n) is 24.7. The maximum atomic E-state index is 4.80. The van der Waals surface area contributed by atoms with E-state index in [2.05, 4.69) is 156 Å². The molecule has 364 valence electrons. The maximum Gasteiger partial charge on any atom is 0.0914 e. The average Bonchev–Trinajstić information content (AvgIpc) is 3.47. The van der Waals surface area contributed by atoms with Crippen LogP contribution in [0.15, 0.2) is 244 Å². The molecule has 4 aromatic carbocycles. The van der Waals surface area contributed by atoms with Gasteiger partial charge in [0.05, 0.1) is 22.4 Å². The molecular weight excluding hydrogens is 919 g/mol. The Morgan fingerprint density at radius 2 is 0.773 bits per heavy atom. The number of benzene rings is 4. The number of rotatable bonds is 4. The highest BCUT2D eigenvalue weighted by atomic mass is 14.7. The SMILES string of the molecule is Cc1cc(-c2ccc(-c3ccccc3)cc2)cc(-c2ccc(-c3ccccc3)cc2)n1.Cc1nccc2cccnc12.Cc1nccc2ccncc12.Cc1nccc2cnccc12.Cc1nccc2ncccc12. The van der Waals surface area contributed by atoms with E-state index in [0.29, 0.717) is 0 Å². The van der Waals surface area contributed by atoms with Crippen LogP contribution in [0.25, 0.3) is 88.0 Å². The van der Waals surface area contributed by atoms with Gasteiger partial charge in [-0.25, -0.2) is 0 Å². The monoisotopic (exact) mass is 973 g/mol. The Balaban J connectivity index is 0.000000128. The summed E-state index contributed by atoms with van der Waals surface area (Å²) in [4.78, 5) is 37.9. The van der Waals surface area contributed by atoms with Gasteiger partial charge < -0.3 is 0 Å². The molecule has 9 heterocycles. The summed E-state index contributed by atoms with van der Waals surface area (Å²) in [6.07, 6.45) is 18.1. The molecule has 0 spiro atoms. The number of nitrogens with zero attached hydrogens (tertiary/aromatic N) is 9. The fourth-order valence-electron chi connectivity index (χ4n) is 8.54. The molecule has 0 amide bonds. The maximum absolute atomic E-state index is 4.80. The van der Waals surface area contributed by atoms with E-state index in [1.165, 1.54) is 44.2 Å². The lowest BCUT2D eigenvalue weighted by atomic mass is 9.98. The van der Waals surface area contributed by atoms with Gasteiger partial charge in [0, 0.05) is 117 Å². The molecule has 13 aromatic rings. The molecular formula is C66H55N9. The third-order valence-electron chi connectivity index (χ3n) is 12.5. The minimum absolute atomic E-state index is 0.989. The van der Waals surface area contributed by atoms with Crippen molar-refractivity contribution in [1.29, 1.82) is 0 Å². The van der Waals surface area contributed by atoms with Crippen LogP contribution in [0.5, 0.6) is 0 Å². The molecule has 0 bridgehead atoms. The zero-order valence-corrected chi connectivity index (χ0v) is 42.6. The molecule has 0 unspecified atom stereocenters. The average molecular weight is 974 g/mol. The fourth-order valence-corrected chi connectivity index (χ4v) is 8.54. The van der Waals surface area contributed by atoms with E-state index >= 15 is 0 Å². The van der Waals surface area contributed by atoms with Crippen molar-refractivity contribution in [3.05, 3.63) is 272 Å². The Morgan fingerprint density at radius 3 is 1.40 bits per heavy atom. The smallest absolute Gasteiger partial charge is 0.0914 e. The molecule has 0 aliphatic carbocycles. The summed E-state index contributed by atoms with van der Waals surface area (Å²) in [5.41, 5.74) is 16.6. The molecule has 0 aliphatic rings. The number of pyridine rings is 9. The van der Waals surface area contributed by atoms with Crippen molar-refractivity contribution >= 4 is 43.4 Å². The second-order valence-electron chi connectivity index (χ2n) is 17.7. The van der Waals surface area contributed by atoms with E-state index < -0.39 is 0 Å². The molecule has 0 fully saturated rings. The first-order valence-corrected chi connectivity index (χ1v) is 24.7. The largest absolute Gasteiger partial charge is 0.264 e. The van der Waals surface area contributed by atoms with Crippen LogP contribution in [0.4, 0.5) is 0 Å². The first kappa shape index (κ1) is 50.2. The Bertz CT molecular complexity index is 3510. The molecule has 13 rings (SSSR count). The van der Waals surface area contributed by atoms with Gasteiger partial charge in [0.2, 0.25) is 0 Å². The standard InChI is InChI=1S/C30H23N.4C9H8N2/c1-22-20-29(27-14-12-25(13-15-27)23-8-4-2-5-9-23)21-30(31-22)28-18-16-26(17-19-28)24-10-6-3-7-11-24;1-7-9-3-4-10-6-8(9)2-5-11-7;1-7-9-6-10-4-2-8(9)3-5-11-7;1-7-8-3-2-5-11-9(8)4-6-10-7;1-7-9-8(4-6-10-7)3-2-5-11-9/h2-21H,1H3;4*2-6H,1H3. The highest BCUT2D eigenvalue weighted by molar-refractivity contribution is 5.84. The molecule has 9 heteroatoms. The van der Waals surface area contributed by atoms with Crippen LogP contribution in [0.1, 0.15) is 28.5 Å². The molecule has 0 saturated carbocycles. The van der Waals surface area contributed by atoms with Crippen molar-refractivity contribution in [3.63, 3.8) is 0 Å². The minimum atomic E-state index is 0.989. The van der Waals surface area contributed by atoms with Gasteiger partial charge in [0.25, 0.3) is 0 Å². The third kappa shape index (κ3) is 13.0. The molecule has 0 radical (unpaired) electrons. The Morgan fingerprint density at radius 1 is 0.280 bits per heavy atom. The van der Waals surface area contributed by atoms with Gasteiger partial charge in [0.1, 0.15) is 0 Å². The van der Waals surface area contributed by atoms with E-state index in [1.807, 2.05) is 119 Å². The number of hydrogen-bond donors (Lipinski definition) is 0. The molecule has 75 heavy (non-hydrogen) atoms. The van der Waals surface area contributed by atoms with E-state index in [0.717, 1.165) is 72.3 Å². The van der Waals surface area contributed by atoms with Crippen LogP contribution in [-0.2, 0) is 0 Å². The van der Waals surface area contributed by atoms with Gasteiger partial charge in [-0.2, -0.15) is 0 Å². The number of hydrogen-bond acceptors (Lipinski definition) is 9. The Kier molecular flexibility index (Phi) is 16.5. The molecule has 9 nitrogen and oxygen atoms in total. The van der Waals surface area contributed by atoms with Crippen LogP contribution in [0.2, 0.25) is 0 Å². The third-order valence-corrected chi connectivity index (χ3v) is 12.5. The highest BCUT2D eigenvalue weighted by Gasteiger charge is 2.08. The molecule has 9 aromatic heterocycles. The van der Waals surface area contributed by atoms with Gasteiger partial charge in [-0.05, 0) is 140 Å². The second-order valence-corrected chi connectivity index (χ2v) is 17.7. The first-order chi connectivity index (χ1) is 36.8. The topological polar surface area (TPSA) is 116 Å². The number of aryl methyl sites for hydroxylation is 5. The van der Waals surface area contributed by atoms with Gasteiger partial charge >= 0.3 is 0 Å². The van der Waals surface area contributed by atoms with Crippen LogP contribution < -0.4 is 0 Å². The van der Waals surface area contributed by atoms with Crippen molar-refractivity contribution in [3.8, 4) is 44.6 Å². The number of fused-ring (bicyclic) bond motifs is 4. The predicted molar refractivity (Wildman–Crippen MR) is 308 cm³/mol. The van der Waals surface area contributed by atoms with Gasteiger partial charge in [-0.15, -0.1) is 0 Å². The summed E-state index contributed by atoms with van der Waals surface area (Å²) in [6, 6.07) is 62.4. The highest BCUT2D eigenvalue weighted by Crippen LogP contribution is 2.30. The Hall–Kier alpha value is -9.73. The molecule has 0 aliphatic heterocycles. The van der Waals surface area contributed by atoms with Gasteiger partial charge in [-0.3, -0.25) is 44.9 Å². The van der Waals surface area contributed by atoms with Gasteiger partial charge in [0.15, 0.2) is 0 Å². The van der Waals surface area contributed by atoms with Crippen LogP contribution >= 0.6 is 0 Å². The second kappa shape index (κ2) is 24.6. The van der Waals surface area contributed by atoms with Crippen LogP contribution in [-0.4, -0.2) is 44.9 Å². The molecule has 0 atom stereocenters. The minimum Gasteiger partial charge on any atom is -0.264 e. The quantitative estimate of drug-likeness (QED) is 0.170. The van der Waals surface area contributed by atoms with Crippen molar-refractivity contribution in [1.82, 2.24) is 44.9 Å². The zero-order valence-electron chi connectivity index (χ0n) is 42.6. The fraction of sp³-hybridized carbons (Fsp3) is 0.0758. The number of aromatic nitrogens is 9.